The number of amides is 1. The Bertz CT molecular complexity index is 453. The average Bonchev–Trinajstić information content (AvgIpc) is 2.42. The Balaban J connectivity index is 2.02. The van der Waals surface area contributed by atoms with Crippen molar-refractivity contribution in [2.24, 2.45) is 5.92 Å². The molecule has 1 saturated heterocycles. The summed E-state index contributed by atoms with van der Waals surface area (Å²) in [6, 6.07) is 5.18. The summed E-state index contributed by atoms with van der Waals surface area (Å²) in [7, 11) is 0. The van der Waals surface area contributed by atoms with E-state index in [1.807, 2.05) is 6.92 Å². The molecule has 1 aliphatic heterocycles. The van der Waals surface area contributed by atoms with Gasteiger partial charge in [-0.1, -0.05) is 6.07 Å². The van der Waals surface area contributed by atoms with Crippen LogP contribution < -0.4 is 10.6 Å². The minimum absolute atomic E-state index is 0.105. The average molecular weight is 262 g/mol. The Morgan fingerprint density at radius 2 is 2.32 bits per heavy atom. The normalized spacial score (nSPS) is 20.8. The Morgan fingerprint density at radius 1 is 1.53 bits per heavy atom. The number of nitrogens with one attached hydrogen (secondary N) is 2. The van der Waals surface area contributed by atoms with Gasteiger partial charge in [-0.2, -0.15) is 0 Å². The topological polar surface area (TPSA) is 61.4 Å². The first-order valence-corrected chi connectivity index (χ1v) is 6.89. The molecule has 19 heavy (non-hydrogen) atoms. The largest absolute Gasteiger partial charge is 0.508 e. The zero-order valence-electron chi connectivity index (χ0n) is 11.6. The number of phenols is 1. The summed E-state index contributed by atoms with van der Waals surface area (Å²) in [6.07, 6.45) is 2.31. The Labute approximate surface area is 114 Å². The third kappa shape index (κ3) is 3.26. The second-order valence-corrected chi connectivity index (χ2v) is 5.32. The number of phenolic OH excluding ortho intramolecular Hbond substituents is 1. The van der Waals surface area contributed by atoms with Crippen LogP contribution in [0, 0.1) is 12.8 Å². The molecule has 1 fully saturated rings. The molecule has 1 aromatic rings. The molecule has 4 nitrogen and oxygen atoms in total. The summed E-state index contributed by atoms with van der Waals surface area (Å²) >= 11 is 0. The number of carbonyl (C=O) groups is 1. The van der Waals surface area contributed by atoms with E-state index in [1.165, 1.54) is 0 Å². The molecule has 1 aliphatic rings. The standard InChI is InChI=1S/C15H22N2O2/c1-10-13(6-3-7-14(10)18)15(19)17-11(2)12-5-4-8-16-9-12/h3,6-7,11-12,16,18H,4-5,8-9H2,1-2H3,(H,17,19). The third-order valence-corrected chi connectivity index (χ3v) is 3.95. The van der Waals surface area contributed by atoms with Crippen molar-refractivity contribution in [3.8, 4) is 5.75 Å². The molecule has 0 saturated carbocycles. The first-order valence-electron chi connectivity index (χ1n) is 6.89. The van der Waals surface area contributed by atoms with Gasteiger partial charge in [0.2, 0.25) is 0 Å². The summed E-state index contributed by atoms with van der Waals surface area (Å²) in [6.45, 7) is 5.84. The lowest BCUT2D eigenvalue weighted by molar-refractivity contribution is 0.0921. The van der Waals surface area contributed by atoms with Crippen molar-refractivity contribution >= 4 is 5.91 Å². The van der Waals surface area contributed by atoms with Gasteiger partial charge in [0.25, 0.3) is 5.91 Å². The van der Waals surface area contributed by atoms with Crippen molar-refractivity contribution in [1.82, 2.24) is 10.6 Å². The van der Waals surface area contributed by atoms with Gasteiger partial charge in [0.15, 0.2) is 0 Å². The van der Waals surface area contributed by atoms with E-state index in [0.717, 1.165) is 25.9 Å². The van der Waals surface area contributed by atoms with Crippen LogP contribution in [0.3, 0.4) is 0 Å². The monoisotopic (exact) mass is 262 g/mol. The number of rotatable bonds is 3. The number of carbonyl (C=O) groups excluding carboxylic acids is 1. The molecule has 0 radical (unpaired) electrons. The lowest BCUT2D eigenvalue weighted by atomic mass is 9.92. The SMILES string of the molecule is Cc1c(O)cccc1C(=O)NC(C)C1CCCNC1. The van der Waals surface area contributed by atoms with E-state index in [4.69, 9.17) is 0 Å². The molecular weight excluding hydrogens is 240 g/mol. The molecule has 4 heteroatoms. The number of piperidine rings is 1. The van der Waals surface area contributed by atoms with E-state index in [0.29, 0.717) is 17.0 Å². The van der Waals surface area contributed by atoms with E-state index in [1.54, 1.807) is 25.1 Å². The fourth-order valence-corrected chi connectivity index (χ4v) is 2.58. The zero-order chi connectivity index (χ0) is 13.8. The second-order valence-electron chi connectivity index (χ2n) is 5.32. The highest BCUT2D eigenvalue weighted by molar-refractivity contribution is 5.96. The van der Waals surface area contributed by atoms with Crippen molar-refractivity contribution in [2.75, 3.05) is 13.1 Å². The Kier molecular flexibility index (Phi) is 4.43. The molecule has 2 rings (SSSR count). The van der Waals surface area contributed by atoms with E-state index < -0.39 is 0 Å². The van der Waals surface area contributed by atoms with Crippen LogP contribution in [0.4, 0.5) is 0 Å². The minimum Gasteiger partial charge on any atom is -0.508 e. The summed E-state index contributed by atoms with van der Waals surface area (Å²) < 4.78 is 0. The van der Waals surface area contributed by atoms with Crippen molar-refractivity contribution < 1.29 is 9.90 Å². The Hall–Kier alpha value is -1.55. The maximum Gasteiger partial charge on any atom is 0.251 e. The predicted octanol–water partition coefficient (Wildman–Crippen LogP) is 1.82. The van der Waals surface area contributed by atoms with E-state index in [-0.39, 0.29) is 17.7 Å². The van der Waals surface area contributed by atoms with Crippen molar-refractivity contribution in [2.45, 2.75) is 32.7 Å². The maximum absolute atomic E-state index is 12.2. The predicted molar refractivity (Wildman–Crippen MR) is 75.4 cm³/mol. The molecular formula is C15H22N2O2. The first-order chi connectivity index (χ1) is 9.09. The first kappa shape index (κ1) is 13.9. The summed E-state index contributed by atoms with van der Waals surface area (Å²) in [4.78, 5) is 12.2. The molecule has 1 aromatic carbocycles. The molecule has 1 heterocycles. The van der Waals surface area contributed by atoms with Gasteiger partial charge in [-0.25, -0.2) is 0 Å². The number of hydrogen-bond acceptors (Lipinski definition) is 3. The molecule has 104 valence electrons. The molecule has 2 atom stereocenters. The number of hydrogen-bond donors (Lipinski definition) is 3. The van der Waals surface area contributed by atoms with Crippen LogP contribution in [0.2, 0.25) is 0 Å². The highest BCUT2D eigenvalue weighted by Gasteiger charge is 2.22. The Morgan fingerprint density at radius 3 is 3.00 bits per heavy atom. The summed E-state index contributed by atoms with van der Waals surface area (Å²) in [5, 5.41) is 16.0. The lowest BCUT2D eigenvalue weighted by Crippen LogP contribution is -2.44. The lowest BCUT2D eigenvalue weighted by Gasteiger charge is -2.29. The summed E-state index contributed by atoms with van der Waals surface area (Å²) in [5.41, 5.74) is 1.18. The summed E-state index contributed by atoms with van der Waals surface area (Å²) in [5.74, 6) is 0.543. The number of benzene rings is 1. The van der Waals surface area contributed by atoms with Gasteiger partial charge < -0.3 is 15.7 Å². The van der Waals surface area contributed by atoms with E-state index in [9.17, 15) is 9.90 Å². The van der Waals surface area contributed by atoms with Crippen molar-refractivity contribution in [3.05, 3.63) is 29.3 Å². The fourth-order valence-electron chi connectivity index (χ4n) is 2.58. The van der Waals surface area contributed by atoms with Gasteiger partial charge in [0, 0.05) is 17.2 Å². The van der Waals surface area contributed by atoms with Crippen LogP contribution in [-0.2, 0) is 0 Å². The van der Waals surface area contributed by atoms with Gasteiger partial charge in [-0.15, -0.1) is 0 Å². The smallest absolute Gasteiger partial charge is 0.251 e. The zero-order valence-corrected chi connectivity index (χ0v) is 11.6. The molecule has 3 N–H and O–H groups in total. The molecule has 0 spiro atoms. The molecule has 1 amide bonds. The van der Waals surface area contributed by atoms with Gasteiger partial charge in [0.05, 0.1) is 0 Å². The van der Waals surface area contributed by atoms with E-state index >= 15 is 0 Å². The molecule has 0 aromatic heterocycles. The quantitative estimate of drug-likeness (QED) is 0.778. The van der Waals surface area contributed by atoms with Crippen molar-refractivity contribution in [3.63, 3.8) is 0 Å². The van der Waals surface area contributed by atoms with Crippen LogP contribution in [-0.4, -0.2) is 30.1 Å². The van der Waals surface area contributed by atoms with Gasteiger partial charge in [-0.05, 0) is 57.8 Å². The van der Waals surface area contributed by atoms with Crippen LogP contribution >= 0.6 is 0 Å². The van der Waals surface area contributed by atoms with Crippen LogP contribution in [0.1, 0.15) is 35.7 Å². The highest BCUT2D eigenvalue weighted by atomic mass is 16.3. The van der Waals surface area contributed by atoms with Crippen molar-refractivity contribution in [1.29, 1.82) is 0 Å². The van der Waals surface area contributed by atoms with Crippen LogP contribution in [0.5, 0.6) is 5.75 Å². The van der Waals surface area contributed by atoms with Gasteiger partial charge in [0.1, 0.15) is 5.75 Å². The minimum atomic E-state index is -0.105. The molecule has 2 unspecified atom stereocenters. The number of aromatic hydroxyl groups is 1. The van der Waals surface area contributed by atoms with Gasteiger partial charge >= 0.3 is 0 Å². The maximum atomic E-state index is 12.2. The highest BCUT2D eigenvalue weighted by Crippen LogP contribution is 2.20. The molecule has 0 aliphatic carbocycles. The third-order valence-electron chi connectivity index (χ3n) is 3.95. The van der Waals surface area contributed by atoms with Crippen LogP contribution in [0.15, 0.2) is 18.2 Å². The fraction of sp³-hybridized carbons (Fsp3) is 0.533. The van der Waals surface area contributed by atoms with Gasteiger partial charge in [-0.3, -0.25) is 4.79 Å². The second kappa shape index (κ2) is 6.06. The van der Waals surface area contributed by atoms with E-state index in [2.05, 4.69) is 10.6 Å². The van der Waals surface area contributed by atoms with Crippen LogP contribution in [0.25, 0.3) is 0 Å². The molecule has 0 bridgehead atoms.